The van der Waals surface area contributed by atoms with Crippen LogP contribution in [0.2, 0.25) is 0 Å². The number of aryl methyl sites for hydroxylation is 1. The number of nitrogens with one attached hydrogen (secondary N) is 2. The Morgan fingerprint density at radius 1 is 1.44 bits per heavy atom. The topological polar surface area (TPSA) is 88.0 Å². The number of carbonyl (C=O) groups is 1. The van der Waals surface area contributed by atoms with Crippen LogP contribution in [0, 0.1) is 6.92 Å². The molecule has 0 saturated heterocycles. The van der Waals surface area contributed by atoms with Crippen LogP contribution in [0.5, 0.6) is 0 Å². The van der Waals surface area contributed by atoms with Crippen LogP contribution in [0.15, 0.2) is 30.6 Å². The van der Waals surface area contributed by atoms with Gasteiger partial charge in [0.2, 0.25) is 5.95 Å². The van der Waals surface area contributed by atoms with E-state index in [1.165, 1.54) is 6.20 Å². The lowest BCUT2D eigenvalue weighted by molar-refractivity contribution is 0.102. The number of nitrogens with zero attached hydrogens (tertiary/aromatic N) is 4. The molecule has 0 fully saturated rings. The summed E-state index contributed by atoms with van der Waals surface area (Å²) in [5.74, 6) is 0.619. The van der Waals surface area contributed by atoms with Gasteiger partial charge in [-0.25, -0.2) is 4.52 Å². The Morgan fingerprint density at radius 3 is 3.11 bits per heavy atom. The Bertz CT molecular complexity index is 713. The third-order valence-electron chi connectivity index (χ3n) is 2.49. The van der Waals surface area contributed by atoms with Crippen molar-refractivity contribution in [1.82, 2.24) is 24.8 Å². The third-order valence-corrected chi connectivity index (χ3v) is 2.49. The molecule has 0 aliphatic rings. The zero-order valence-electron chi connectivity index (χ0n) is 9.58. The highest BCUT2D eigenvalue weighted by molar-refractivity contribution is 6.07. The Hall–Kier alpha value is -2.70. The van der Waals surface area contributed by atoms with E-state index in [1.54, 1.807) is 17.6 Å². The lowest BCUT2D eigenvalue weighted by atomic mass is 10.2. The van der Waals surface area contributed by atoms with E-state index < -0.39 is 0 Å². The van der Waals surface area contributed by atoms with Gasteiger partial charge in [0.15, 0.2) is 0 Å². The summed E-state index contributed by atoms with van der Waals surface area (Å²) in [7, 11) is 0. The molecular weight excluding hydrogens is 232 g/mol. The number of anilines is 1. The molecule has 0 aliphatic heterocycles. The van der Waals surface area contributed by atoms with E-state index in [4.69, 9.17) is 0 Å². The smallest absolute Gasteiger partial charge is 0.261 e. The van der Waals surface area contributed by atoms with Crippen LogP contribution in [0.4, 0.5) is 5.95 Å². The summed E-state index contributed by atoms with van der Waals surface area (Å²) in [6.07, 6.45) is 3.30. The van der Waals surface area contributed by atoms with Gasteiger partial charge >= 0.3 is 0 Å². The molecule has 0 spiro atoms. The summed E-state index contributed by atoms with van der Waals surface area (Å²) in [6.45, 7) is 1.76. The number of pyridine rings is 1. The second-order valence-corrected chi connectivity index (χ2v) is 3.79. The molecule has 7 heteroatoms. The first-order valence-corrected chi connectivity index (χ1v) is 5.37. The molecule has 18 heavy (non-hydrogen) atoms. The van der Waals surface area contributed by atoms with Crippen LogP contribution < -0.4 is 5.32 Å². The van der Waals surface area contributed by atoms with E-state index in [-0.39, 0.29) is 11.9 Å². The molecule has 0 unspecified atom stereocenters. The maximum absolute atomic E-state index is 12.0. The molecular formula is C11H10N6O. The molecule has 3 aromatic rings. The lowest BCUT2D eigenvalue weighted by Crippen LogP contribution is -2.12. The minimum atomic E-state index is -0.282. The Labute approximate surface area is 102 Å². The van der Waals surface area contributed by atoms with Gasteiger partial charge in [-0.05, 0) is 19.1 Å². The van der Waals surface area contributed by atoms with Crippen LogP contribution in [-0.2, 0) is 0 Å². The Balaban J connectivity index is 1.92. The first kappa shape index (κ1) is 10.5. The third kappa shape index (κ3) is 1.71. The highest BCUT2D eigenvalue weighted by Crippen LogP contribution is 2.11. The minimum absolute atomic E-state index is 0.257. The van der Waals surface area contributed by atoms with Crippen LogP contribution >= 0.6 is 0 Å². The number of H-pyrrole nitrogens is 1. The first-order valence-electron chi connectivity index (χ1n) is 5.37. The van der Waals surface area contributed by atoms with Crippen LogP contribution in [0.1, 0.15) is 16.2 Å². The van der Waals surface area contributed by atoms with Crippen molar-refractivity contribution in [3.05, 3.63) is 42.0 Å². The maximum Gasteiger partial charge on any atom is 0.261 e. The number of carbonyl (C=O) groups excluding carboxylic acids is 1. The Morgan fingerprint density at radius 2 is 2.33 bits per heavy atom. The van der Waals surface area contributed by atoms with Gasteiger partial charge in [0.1, 0.15) is 5.82 Å². The van der Waals surface area contributed by atoms with E-state index in [0.29, 0.717) is 11.4 Å². The van der Waals surface area contributed by atoms with Gasteiger partial charge in [-0.3, -0.25) is 15.2 Å². The summed E-state index contributed by atoms with van der Waals surface area (Å²) in [5, 5.41) is 13.2. The molecule has 0 saturated carbocycles. The SMILES string of the molecule is Cc1nc(NC(=O)c2cnn3ccccc23)n[nH]1. The molecule has 2 N–H and O–H groups in total. The van der Waals surface area contributed by atoms with E-state index in [2.05, 4.69) is 25.6 Å². The number of hydrogen-bond donors (Lipinski definition) is 2. The van der Waals surface area contributed by atoms with Gasteiger partial charge in [0.05, 0.1) is 17.3 Å². The number of hydrogen-bond acceptors (Lipinski definition) is 4. The predicted octanol–water partition coefficient (Wildman–Crippen LogP) is 1.01. The van der Waals surface area contributed by atoms with Crippen molar-refractivity contribution in [2.45, 2.75) is 6.92 Å². The quantitative estimate of drug-likeness (QED) is 0.702. The fourth-order valence-corrected chi connectivity index (χ4v) is 1.68. The number of amides is 1. The van der Waals surface area contributed by atoms with Crippen LogP contribution in [0.3, 0.4) is 0 Å². The summed E-state index contributed by atoms with van der Waals surface area (Å²) in [5.41, 5.74) is 1.22. The molecule has 7 nitrogen and oxygen atoms in total. The zero-order chi connectivity index (χ0) is 12.5. The largest absolute Gasteiger partial charge is 0.289 e. The summed E-state index contributed by atoms with van der Waals surface area (Å²) < 4.78 is 1.64. The number of fused-ring (bicyclic) bond motifs is 1. The normalized spacial score (nSPS) is 10.7. The second kappa shape index (κ2) is 3.95. The minimum Gasteiger partial charge on any atom is -0.289 e. The molecule has 0 aliphatic carbocycles. The van der Waals surface area contributed by atoms with E-state index in [9.17, 15) is 4.79 Å². The molecule has 0 bridgehead atoms. The molecule has 90 valence electrons. The van der Waals surface area contributed by atoms with Crippen molar-refractivity contribution in [1.29, 1.82) is 0 Å². The Kier molecular flexibility index (Phi) is 2.30. The highest BCUT2D eigenvalue weighted by atomic mass is 16.1. The van der Waals surface area contributed by atoms with Crippen LogP contribution in [-0.4, -0.2) is 30.7 Å². The lowest BCUT2D eigenvalue weighted by Gasteiger charge is -1.98. The van der Waals surface area contributed by atoms with Crippen molar-refractivity contribution in [3.8, 4) is 0 Å². The fraction of sp³-hybridized carbons (Fsp3) is 0.0909. The van der Waals surface area contributed by atoms with Crippen molar-refractivity contribution < 1.29 is 4.79 Å². The monoisotopic (exact) mass is 242 g/mol. The summed E-state index contributed by atoms with van der Waals surface area (Å²) >= 11 is 0. The van der Waals surface area contributed by atoms with Crippen LogP contribution in [0.25, 0.3) is 5.52 Å². The van der Waals surface area contributed by atoms with Crippen molar-refractivity contribution in [2.24, 2.45) is 0 Å². The summed E-state index contributed by atoms with van der Waals surface area (Å²) in [6, 6.07) is 5.52. The number of rotatable bonds is 2. The molecule has 0 radical (unpaired) electrons. The highest BCUT2D eigenvalue weighted by Gasteiger charge is 2.13. The molecule has 3 heterocycles. The molecule has 3 aromatic heterocycles. The van der Waals surface area contributed by atoms with E-state index in [1.807, 2.05) is 18.2 Å². The van der Waals surface area contributed by atoms with Gasteiger partial charge in [0.25, 0.3) is 5.91 Å². The van der Waals surface area contributed by atoms with Crippen molar-refractivity contribution in [3.63, 3.8) is 0 Å². The van der Waals surface area contributed by atoms with Gasteiger partial charge in [-0.15, -0.1) is 5.10 Å². The van der Waals surface area contributed by atoms with Crippen molar-refractivity contribution in [2.75, 3.05) is 5.32 Å². The molecule has 0 atom stereocenters. The fourth-order valence-electron chi connectivity index (χ4n) is 1.68. The number of aromatic amines is 1. The standard InChI is InChI=1S/C11H10N6O/c1-7-13-11(16-15-7)14-10(18)8-6-12-17-5-3-2-4-9(8)17/h2-6H,1H3,(H2,13,14,15,16,18). The van der Waals surface area contributed by atoms with Gasteiger partial charge < -0.3 is 0 Å². The average Bonchev–Trinajstić information content (AvgIpc) is 2.95. The molecule has 0 aromatic carbocycles. The van der Waals surface area contributed by atoms with Gasteiger partial charge in [0, 0.05) is 6.20 Å². The average molecular weight is 242 g/mol. The summed E-state index contributed by atoms with van der Waals surface area (Å²) in [4.78, 5) is 16.1. The van der Waals surface area contributed by atoms with Gasteiger partial charge in [-0.2, -0.15) is 10.1 Å². The van der Waals surface area contributed by atoms with E-state index >= 15 is 0 Å². The maximum atomic E-state index is 12.0. The van der Waals surface area contributed by atoms with E-state index in [0.717, 1.165) is 5.52 Å². The first-order chi connectivity index (χ1) is 8.74. The van der Waals surface area contributed by atoms with Crippen molar-refractivity contribution >= 4 is 17.4 Å². The second-order valence-electron chi connectivity index (χ2n) is 3.79. The predicted molar refractivity (Wildman–Crippen MR) is 64.3 cm³/mol. The molecule has 3 rings (SSSR count). The zero-order valence-corrected chi connectivity index (χ0v) is 9.58. The number of aromatic nitrogens is 5. The van der Waals surface area contributed by atoms with Gasteiger partial charge in [-0.1, -0.05) is 6.07 Å². The molecule has 1 amide bonds.